The molecule has 0 aliphatic rings. The third kappa shape index (κ3) is 2.71. The average molecular weight is 210 g/mol. The van der Waals surface area contributed by atoms with E-state index < -0.39 is 0 Å². The number of hydrogen-bond acceptors (Lipinski definition) is 3. The number of nitrogens with zero attached hydrogens (tertiary/aromatic N) is 3. The molecule has 0 aromatic carbocycles. The molecule has 0 bridgehead atoms. The minimum atomic E-state index is -0.257. The summed E-state index contributed by atoms with van der Waals surface area (Å²) in [5, 5.41) is 3.08. The highest BCUT2D eigenvalue weighted by molar-refractivity contribution is 5.83. The number of anilines is 1. The molecule has 5 nitrogen and oxygen atoms in total. The Morgan fingerprint density at radius 1 is 1.67 bits per heavy atom. The highest BCUT2D eigenvalue weighted by Gasteiger charge is 2.15. The Morgan fingerprint density at radius 2 is 2.33 bits per heavy atom. The van der Waals surface area contributed by atoms with Crippen molar-refractivity contribution in [1.82, 2.24) is 14.5 Å². The van der Waals surface area contributed by atoms with Crippen LogP contribution in [0.25, 0.3) is 0 Å². The van der Waals surface area contributed by atoms with Gasteiger partial charge >= 0.3 is 0 Å². The summed E-state index contributed by atoms with van der Waals surface area (Å²) in [7, 11) is 3.49. The number of carbonyl (C=O) groups excluding carboxylic acids is 1. The van der Waals surface area contributed by atoms with Crippen molar-refractivity contribution in [3.05, 3.63) is 12.4 Å². The van der Waals surface area contributed by atoms with E-state index in [1.165, 1.54) is 0 Å². The Kier molecular flexibility index (Phi) is 3.71. The van der Waals surface area contributed by atoms with Gasteiger partial charge in [-0.05, 0) is 13.8 Å². The first-order chi connectivity index (χ1) is 7.06. The van der Waals surface area contributed by atoms with Gasteiger partial charge in [-0.3, -0.25) is 4.79 Å². The van der Waals surface area contributed by atoms with Gasteiger partial charge in [0.05, 0.1) is 0 Å². The lowest BCUT2D eigenvalue weighted by Crippen LogP contribution is -2.37. The summed E-state index contributed by atoms with van der Waals surface area (Å²) in [5.41, 5.74) is 0. The molecule has 0 radical (unpaired) electrons. The minimum absolute atomic E-state index is 0.0423. The molecule has 1 aromatic rings. The molecule has 1 N–H and O–H groups in total. The Morgan fingerprint density at radius 3 is 2.87 bits per heavy atom. The largest absolute Gasteiger partial charge is 0.347 e. The van der Waals surface area contributed by atoms with E-state index in [0.717, 1.165) is 12.5 Å². The molecule has 1 rings (SSSR count). The number of hydrogen-bond donors (Lipinski definition) is 1. The second-order valence-electron chi connectivity index (χ2n) is 3.64. The van der Waals surface area contributed by atoms with Gasteiger partial charge in [-0.1, -0.05) is 0 Å². The van der Waals surface area contributed by atoms with Gasteiger partial charge in [-0.15, -0.1) is 0 Å². The lowest BCUT2D eigenvalue weighted by Gasteiger charge is -2.18. The lowest BCUT2D eigenvalue weighted by molar-refractivity contribution is -0.129. The van der Waals surface area contributed by atoms with Crippen LogP contribution in [0.2, 0.25) is 0 Å². The normalized spacial score (nSPS) is 12.3. The molecular weight excluding hydrogens is 192 g/mol. The number of amides is 1. The molecule has 0 aliphatic heterocycles. The lowest BCUT2D eigenvalue weighted by atomic mass is 10.3. The minimum Gasteiger partial charge on any atom is -0.347 e. The van der Waals surface area contributed by atoms with Crippen LogP contribution in [0.4, 0.5) is 5.95 Å². The molecule has 1 atom stereocenters. The van der Waals surface area contributed by atoms with E-state index in [4.69, 9.17) is 0 Å². The first-order valence-corrected chi connectivity index (χ1v) is 5.05. The second kappa shape index (κ2) is 4.82. The summed E-state index contributed by atoms with van der Waals surface area (Å²) in [5.74, 6) is 0.779. The maximum atomic E-state index is 11.6. The quantitative estimate of drug-likeness (QED) is 0.799. The summed E-state index contributed by atoms with van der Waals surface area (Å²) in [6, 6.07) is -0.257. The van der Waals surface area contributed by atoms with E-state index in [1.54, 1.807) is 25.2 Å². The molecule has 0 saturated heterocycles. The Labute approximate surface area is 90.1 Å². The molecule has 1 aromatic heterocycles. The van der Waals surface area contributed by atoms with E-state index in [9.17, 15) is 4.79 Å². The molecule has 1 unspecified atom stereocenters. The molecule has 0 fully saturated rings. The van der Waals surface area contributed by atoms with Crippen molar-refractivity contribution < 1.29 is 4.79 Å². The number of nitrogens with one attached hydrogen (secondary N) is 1. The zero-order valence-corrected chi connectivity index (χ0v) is 9.69. The summed E-state index contributed by atoms with van der Waals surface area (Å²) in [6.45, 7) is 4.70. The summed E-state index contributed by atoms with van der Waals surface area (Å²) in [6.07, 6.45) is 3.61. The van der Waals surface area contributed by atoms with Gasteiger partial charge in [0.2, 0.25) is 11.9 Å². The predicted octanol–water partition coefficient (Wildman–Crippen LogP) is 0.792. The standard InChI is InChI=1S/C10H18N4O/c1-5-14-7-6-11-10(14)12-8(2)9(15)13(3)4/h6-8H,5H2,1-4H3,(H,11,12). The maximum Gasteiger partial charge on any atom is 0.244 e. The third-order valence-corrected chi connectivity index (χ3v) is 2.21. The van der Waals surface area contributed by atoms with Crippen LogP contribution in [-0.2, 0) is 11.3 Å². The third-order valence-electron chi connectivity index (χ3n) is 2.21. The predicted molar refractivity (Wildman–Crippen MR) is 59.7 cm³/mol. The molecule has 1 heterocycles. The second-order valence-corrected chi connectivity index (χ2v) is 3.64. The van der Waals surface area contributed by atoms with E-state index in [-0.39, 0.29) is 11.9 Å². The summed E-state index contributed by atoms with van der Waals surface area (Å²) < 4.78 is 1.96. The molecule has 1 amide bonds. The fourth-order valence-corrected chi connectivity index (χ4v) is 1.35. The van der Waals surface area contributed by atoms with Crippen LogP contribution >= 0.6 is 0 Å². The van der Waals surface area contributed by atoms with Crippen molar-refractivity contribution in [3.8, 4) is 0 Å². The van der Waals surface area contributed by atoms with E-state index >= 15 is 0 Å². The van der Waals surface area contributed by atoms with Crippen LogP contribution in [-0.4, -0.2) is 40.5 Å². The Balaban J connectivity index is 2.66. The number of aromatic nitrogens is 2. The number of rotatable bonds is 4. The monoisotopic (exact) mass is 210 g/mol. The Hall–Kier alpha value is -1.52. The highest BCUT2D eigenvalue weighted by Crippen LogP contribution is 2.06. The maximum absolute atomic E-state index is 11.6. The molecule has 0 aliphatic carbocycles. The van der Waals surface area contributed by atoms with Crippen molar-refractivity contribution in [1.29, 1.82) is 0 Å². The van der Waals surface area contributed by atoms with E-state index in [2.05, 4.69) is 10.3 Å². The first-order valence-electron chi connectivity index (χ1n) is 5.05. The van der Waals surface area contributed by atoms with Crippen LogP contribution in [0.1, 0.15) is 13.8 Å². The number of aryl methyl sites for hydroxylation is 1. The fraction of sp³-hybridized carbons (Fsp3) is 0.600. The van der Waals surface area contributed by atoms with Gasteiger partial charge < -0.3 is 14.8 Å². The van der Waals surface area contributed by atoms with Crippen LogP contribution < -0.4 is 5.32 Å². The van der Waals surface area contributed by atoms with Crippen molar-refractivity contribution in [2.45, 2.75) is 26.4 Å². The van der Waals surface area contributed by atoms with Gasteiger partial charge in [-0.2, -0.15) is 0 Å². The summed E-state index contributed by atoms with van der Waals surface area (Å²) in [4.78, 5) is 17.3. The van der Waals surface area contributed by atoms with Crippen LogP contribution in [0.5, 0.6) is 0 Å². The average Bonchev–Trinajstić information content (AvgIpc) is 2.63. The van der Waals surface area contributed by atoms with Crippen molar-refractivity contribution in [3.63, 3.8) is 0 Å². The van der Waals surface area contributed by atoms with Crippen molar-refractivity contribution >= 4 is 11.9 Å². The molecular formula is C10H18N4O. The van der Waals surface area contributed by atoms with Gasteiger partial charge in [0.1, 0.15) is 6.04 Å². The van der Waals surface area contributed by atoms with Gasteiger partial charge in [-0.25, -0.2) is 4.98 Å². The fourth-order valence-electron chi connectivity index (χ4n) is 1.35. The van der Waals surface area contributed by atoms with Crippen LogP contribution in [0.15, 0.2) is 12.4 Å². The van der Waals surface area contributed by atoms with Crippen molar-refractivity contribution in [2.24, 2.45) is 0 Å². The Bertz CT molecular complexity index is 332. The zero-order chi connectivity index (χ0) is 11.4. The molecule has 0 saturated carbocycles. The van der Waals surface area contributed by atoms with E-state index in [0.29, 0.717) is 0 Å². The molecule has 15 heavy (non-hydrogen) atoms. The zero-order valence-electron chi connectivity index (χ0n) is 9.69. The molecule has 5 heteroatoms. The number of imidazole rings is 1. The smallest absolute Gasteiger partial charge is 0.244 e. The number of likely N-dealkylation sites (N-methyl/N-ethyl adjacent to an activating group) is 1. The highest BCUT2D eigenvalue weighted by atomic mass is 16.2. The van der Waals surface area contributed by atoms with Crippen LogP contribution in [0, 0.1) is 0 Å². The molecule has 0 spiro atoms. The van der Waals surface area contributed by atoms with Gasteiger partial charge in [0.25, 0.3) is 0 Å². The molecule has 84 valence electrons. The van der Waals surface area contributed by atoms with E-state index in [1.807, 2.05) is 24.6 Å². The first kappa shape index (κ1) is 11.6. The van der Waals surface area contributed by atoms with Gasteiger partial charge in [0.15, 0.2) is 0 Å². The van der Waals surface area contributed by atoms with Crippen molar-refractivity contribution in [2.75, 3.05) is 19.4 Å². The number of carbonyl (C=O) groups is 1. The van der Waals surface area contributed by atoms with Crippen LogP contribution in [0.3, 0.4) is 0 Å². The topological polar surface area (TPSA) is 50.2 Å². The SMILES string of the molecule is CCn1ccnc1NC(C)C(=O)N(C)C. The van der Waals surface area contributed by atoms with Gasteiger partial charge in [0, 0.05) is 33.0 Å². The summed E-state index contributed by atoms with van der Waals surface area (Å²) >= 11 is 0.